The van der Waals surface area contributed by atoms with Crippen molar-refractivity contribution >= 4 is 35.1 Å². The van der Waals surface area contributed by atoms with Gasteiger partial charge in [-0.1, -0.05) is 25.4 Å². The van der Waals surface area contributed by atoms with Gasteiger partial charge in [-0.05, 0) is 37.5 Å². The lowest BCUT2D eigenvalue weighted by Crippen LogP contribution is -2.30. The Morgan fingerprint density at radius 1 is 1.20 bits per heavy atom. The number of nitrogens with zero attached hydrogens (tertiary/aromatic N) is 1. The Kier molecular flexibility index (Phi) is 5.42. The quantitative estimate of drug-likeness (QED) is 0.809. The Labute approximate surface area is 152 Å². The number of aliphatic carboxylic acids is 1. The van der Waals surface area contributed by atoms with Crippen LogP contribution in [0.5, 0.6) is 0 Å². The van der Waals surface area contributed by atoms with Gasteiger partial charge in [0.2, 0.25) is 5.91 Å². The summed E-state index contributed by atoms with van der Waals surface area (Å²) in [6.07, 6.45) is 0. The summed E-state index contributed by atoms with van der Waals surface area (Å²) in [7, 11) is 0. The molecular formula is C18H23ClN2O4. The van der Waals surface area contributed by atoms with Crippen LogP contribution in [0.3, 0.4) is 0 Å². The standard InChI is InChI=1S/C18H23ClN2O4/c1-5-21(6-2)16(23)11-8-7-10(9-12(11)19)20-15(22)13-14(17(24)25)18(13,3)4/h7-9,13-14H,5-6H2,1-4H3,(H,20,22)(H,24,25)/t13-,14+/m0/s1. The maximum Gasteiger partial charge on any atom is 0.307 e. The maximum absolute atomic E-state index is 12.4. The van der Waals surface area contributed by atoms with E-state index >= 15 is 0 Å². The first-order valence-corrected chi connectivity index (χ1v) is 8.65. The van der Waals surface area contributed by atoms with Crippen molar-refractivity contribution in [3.63, 3.8) is 0 Å². The van der Waals surface area contributed by atoms with Gasteiger partial charge in [0.05, 0.1) is 22.4 Å². The molecule has 0 radical (unpaired) electrons. The van der Waals surface area contributed by atoms with Crippen molar-refractivity contribution < 1.29 is 19.5 Å². The van der Waals surface area contributed by atoms with Crippen LogP contribution in [0.1, 0.15) is 38.1 Å². The number of nitrogens with one attached hydrogen (secondary N) is 1. The lowest BCUT2D eigenvalue weighted by molar-refractivity contribution is -0.140. The van der Waals surface area contributed by atoms with Gasteiger partial charge >= 0.3 is 5.97 Å². The highest BCUT2D eigenvalue weighted by Gasteiger charge is 2.65. The third kappa shape index (κ3) is 3.63. The number of carbonyl (C=O) groups is 3. The molecule has 136 valence electrons. The van der Waals surface area contributed by atoms with E-state index in [1.54, 1.807) is 30.9 Å². The molecule has 1 aromatic rings. The van der Waals surface area contributed by atoms with Gasteiger partial charge in [0.15, 0.2) is 0 Å². The van der Waals surface area contributed by atoms with Crippen LogP contribution in [0.25, 0.3) is 0 Å². The fourth-order valence-electron chi connectivity index (χ4n) is 3.26. The molecule has 2 atom stereocenters. The van der Waals surface area contributed by atoms with Gasteiger partial charge in [0.1, 0.15) is 0 Å². The molecule has 0 bridgehead atoms. The molecular weight excluding hydrogens is 344 g/mol. The fraction of sp³-hybridized carbons (Fsp3) is 0.500. The van der Waals surface area contributed by atoms with Crippen LogP contribution >= 0.6 is 11.6 Å². The molecule has 2 N–H and O–H groups in total. The minimum absolute atomic E-state index is 0.165. The number of anilines is 1. The first-order chi connectivity index (χ1) is 11.6. The van der Waals surface area contributed by atoms with Crippen LogP contribution in [0.15, 0.2) is 18.2 Å². The second-order valence-electron chi connectivity index (χ2n) is 6.78. The average molecular weight is 367 g/mol. The molecule has 0 aliphatic heterocycles. The molecule has 2 rings (SSSR count). The highest BCUT2D eigenvalue weighted by molar-refractivity contribution is 6.34. The van der Waals surface area contributed by atoms with Gasteiger partial charge in [-0.3, -0.25) is 14.4 Å². The predicted octanol–water partition coefficient (Wildman–Crippen LogP) is 3.12. The Balaban J connectivity index is 2.13. The predicted molar refractivity (Wildman–Crippen MR) is 95.7 cm³/mol. The zero-order valence-electron chi connectivity index (χ0n) is 14.8. The van der Waals surface area contributed by atoms with Crippen LogP contribution in [0.4, 0.5) is 5.69 Å². The van der Waals surface area contributed by atoms with E-state index < -0.39 is 23.2 Å². The smallest absolute Gasteiger partial charge is 0.307 e. The van der Waals surface area contributed by atoms with Crippen molar-refractivity contribution in [2.45, 2.75) is 27.7 Å². The summed E-state index contributed by atoms with van der Waals surface area (Å²) < 4.78 is 0. The number of carboxylic acids is 1. The monoisotopic (exact) mass is 366 g/mol. The lowest BCUT2D eigenvalue weighted by atomic mass is 10.1. The third-order valence-corrected chi connectivity index (χ3v) is 5.21. The van der Waals surface area contributed by atoms with E-state index in [2.05, 4.69) is 5.32 Å². The Morgan fingerprint density at radius 3 is 2.24 bits per heavy atom. The molecule has 25 heavy (non-hydrogen) atoms. The van der Waals surface area contributed by atoms with E-state index in [4.69, 9.17) is 11.6 Å². The van der Waals surface area contributed by atoms with Crippen molar-refractivity contribution in [3.8, 4) is 0 Å². The van der Waals surface area contributed by atoms with Gasteiger partial charge < -0.3 is 15.3 Å². The Bertz CT molecular complexity index is 713. The summed E-state index contributed by atoms with van der Waals surface area (Å²) in [4.78, 5) is 37.6. The number of amides is 2. The average Bonchev–Trinajstić information content (AvgIpc) is 3.11. The summed E-state index contributed by atoms with van der Waals surface area (Å²) >= 11 is 6.20. The lowest BCUT2D eigenvalue weighted by Gasteiger charge is -2.19. The molecule has 1 aromatic carbocycles. The summed E-state index contributed by atoms with van der Waals surface area (Å²) in [6.45, 7) is 8.46. The molecule has 0 spiro atoms. The van der Waals surface area contributed by atoms with Gasteiger partial charge in [-0.15, -0.1) is 0 Å². The zero-order chi connectivity index (χ0) is 18.9. The van der Waals surface area contributed by atoms with Crippen LogP contribution in [-0.2, 0) is 9.59 Å². The van der Waals surface area contributed by atoms with Crippen LogP contribution in [0.2, 0.25) is 5.02 Å². The number of hydrogen-bond acceptors (Lipinski definition) is 3. The van der Waals surface area contributed by atoms with Crippen molar-refractivity contribution in [2.75, 3.05) is 18.4 Å². The van der Waals surface area contributed by atoms with E-state index in [1.807, 2.05) is 13.8 Å². The first-order valence-electron chi connectivity index (χ1n) is 8.27. The second kappa shape index (κ2) is 7.04. The van der Waals surface area contributed by atoms with Crippen molar-refractivity contribution in [2.24, 2.45) is 17.3 Å². The highest BCUT2D eigenvalue weighted by Crippen LogP contribution is 2.58. The molecule has 7 heteroatoms. The fourth-order valence-corrected chi connectivity index (χ4v) is 3.52. The molecule has 2 amide bonds. The van der Waals surface area contributed by atoms with E-state index in [-0.39, 0.29) is 16.8 Å². The summed E-state index contributed by atoms with van der Waals surface area (Å²) in [5.41, 5.74) is 0.245. The largest absolute Gasteiger partial charge is 0.481 e. The van der Waals surface area contributed by atoms with Gasteiger partial charge in [0.25, 0.3) is 5.91 Å². The topological polar surface area (TPSA) is 86.7 Å². The molecule has 6 nitrogen and oxygen atoms in total. The molecule has 0 saturated heterocycles. The van der Waals surface area contributed by atoms with E-state index in [0.717, 1.165) is 0 Å². The Hall–Kier alpha value is -2.08. The number of carboxylic acid groups (broad SMARTS) is 1. The third-order valence-electron chi connectivity index (χ3n) is 4.89. The minimum atomic E-state index is -0.969. The van der Waals surface area contributed by atoms with Gasteiger partial charge in [-0.2, -0.15) is 0 Å². The molecule has 1 fully saturated rings. The number of halogens is 1. The molecule has 1 saturated carbocycles. The van der Waals surface area contributed by atoms with E-state index in [0.29, 0.717) is 24.3 Å². The second-order valence-corrected chi connectivity index (χ2v) is 7.18. The molecule has 1 aliphatic carbocycles. The summed E-state index contributed by atoms with van der Waals surface area (Å²) in [6, 6.07) is 4.69. The van der Waals surface area contributed by atoms with Crippen LogP contribution < -0.4 is 5.32 Å². The summed E-state index contributed by atoms with van der Waals surface area (Å²) in [5, 5.41) is 12.1. The first kappa shape index (κ1) is 19.2. The summed E-state index contributed by atoms with van der Waals surface area (Å²) in [5.74, 6) is -2.76. The van der Waals surface area contributed by atoms with Crippen LogP contribution in [-0.4, -0.2) is 40.9 Å². The number of hydrogen-bond donors (Lipinski definition) is 2. The highest BCUT2D eigenvalue weighted by atomic mass is 35.5. The Morgan fingerprint density at radius 2 is 1.80 bits per heavy atom. The minimum Gasteiger partial charge on any atom is -0.481 e. The number of benzene rings is 1. The van der Waals surface area contributed by atoms with E-state index in [9.17, 15) is 19.5 Å². The number of rotatable bonds is 6. The normalized spacial score (nSPS) is 20.7. The SMILES string of the molecule is CCN(CC)C(=O)c1ccc(NC(=O)[C@@H]2[C@H](C(=O)O)C2(C)C)cc1Cl. The van der Waals surface area contributed by atoms with Crippen molar-refractivity contribution in [3.05, 3.63) is 28.8 Å². The van der Waals surface area contributed by atoms with E-state index in [1.165, 1.54) is 6.07 Å². The number of carbonyl (C=O) groups excluding carboxylic acids is 2. The maximum atomic E-state index is 12.4. The van der Waals surface area contributed by atoms with Gasteiger partial charge in [0, 0.05) is 18.8 Å². The molecule has 0 unspecified atom stereocenters. The van der Waals surface area contributed by atoms with Gasteiger partial charge in [-0.25, -0.2) is 0 Å². The zero-order valence-corrected chi connectivity index (χ0v) is 15.6. The molecule has 0 heterocycles. The molecule has 1 aliphatic rings. The van der Waals surface area contributed by atoms with Crippen molar-refractivity contribution in [1.29, 1.82) is 0 Å². The molecule has 0 aromatic heterocycles. The van der Waals surface area contributed by atoms with Crippen LogP contribution in [0, 0.1) is 17.3 Å². The van der Waals surface area contributed by atoms with Crippen molar-refractivity contribution in [1.82, 2.24) is 4.90 Å².